The van der Waals surface area contributed by atoms with Gasteiger partial charge in [-0.3, -0.25) is 0 Å². The minimum atomic E-state index is 0.709. The molecule has 0 heteroatoms. The van der Waals surface area contributed by atoms with E-state index in [9.17, 15) is 0 Å². The highest BCUT2D eigenvalue weighted by Crippen LogP contribution is 2.16. The minimum Gasteiger partial charge on any atom is -0.0648 e. The maximum atomic E-state index is 2.26. The van der Waals surface area contributed by atoms with Crippen molar-refractivity contribution in [3.05, 3.63) is 107 Å². The first-order chi connectivity index (χ1) is 13.0. The van der Waals surface area contributed by atoms with Crippen LogP contribution >= 0.6 is 0 Å². The predicted octanol–water partition coefficient (Wildman–Crippen LogP) is 8.06. The van der Waals surface area contributed by atoms with Gasteiger partial charge in [0.15, 0.2) is 0 Å². The zero-order valence-electron chi connectivity index (χ0n) is 18.0. The summed E-state index contributed by atoms with van der Waals surface area (Å²) in [6.07, 6.45) is 2.37. The van der Waals surface area contributed by atoms with E-state index in [0.29, 0.717) is 5.92 Å². The van der Waals surface area contributed by atoms with Crippen LogP contribution in [0.2, 0.25) is 0 Å². The first kappa shape index (κ1) is 22.7. The highest BCUT2D eigenvalue weighted by molar-refractivity contribution is 5.28. The first-order valence-electron chi connectivity index (χ1n) is 10.1. The average molecular weight is 361 g/mol. The number of benzene rings is 3. The van der Waals surface area contributed by atoms with Crippen LogP contribution in [0.15, 0.2) is 78.9 Å². The fourth-order valence-electron chi connectivity index (χ4n) is 2.62. The van der Waals surface area contributed by atoms with Gasteiger partial charge in [0, 0.05) is 0 Å². The lowest BCUT2D eigenvalue weighted by atomic mass is 9.99. The van der Waals surface area contributed by atoms with Gasteiger partial charge in [-0.2, -0.15) is 0 Å². The van der Waals surface area contributed by atoms with Crippen molar-refractivity contribution in [2.75, 3.05) is 0 Å². The Balaban J connectivity index is 0.000000204. The Hall–Kier alpha value is -2.34. The van der Waals surface area contributed by atoms with E-state index >= 15 is 0 Å². The highest BCUT2D eigenvalue weighted by Gasteiger charge is 1.98. The molecule has 3 aromatic carbocycles. The summed E-state index contributed by atoms with van der Waals surface area (Å²) in [5.74, 6) is 0.709. The van der Waals surface area contributed by atoms with Crippen molar-refractivity contribution in [1.29, 1.82) is 0 Å². The van der Waals surface area contributed by atoms with Crippen molar-refractivity contribution in [3.8, 4) is 0 Å². The monoisotopic (exact) mass is 360 g/mol. The Morgan fingerprint density at radius 2 is 1.22 bits per heavy atom. The number of aryl methyl sites for hydroxylation is 4. The molecule has 0 saturated carbocycles. The molecule has 0 aliphatic heterocycles. The molecule has 0 N–H and O–H groups in total. The quantitative estimate of drug-likeness (QED) is 0.443. The molecule has 0 aliphatic carbocycles. The third kappa shape index (κ3) is 9.24. The first-order valence-corrected chi connectivity index (χ1v) is 10.1. The second-order valence-electron chi connectivity index (χ2n) is 7.15. The molecule has 1 atom stereocenters. The van der Waals surface area contributed by atoms with Gasteiger partial charge in [-0.05, 0) is 61.8 Å². The average Bonchev–Trinajstić information content (AvgIpc) is 2.72. The molecule has 0 saturated heterocycles. The molecular weight excluding hydrogens is 324 g/mol. The summed E-state index contributed by atoms with van der Waals surface area (Å²) in [5, 5.41) is 0. The molecular formula is C27H36. The third-order valence-corrected chi connectivity index (χ3v) is 4.89. The van der Waals surface area contributed by atoms with Crippen LogP contribution in [0.25, 0.3) is 0 Å². The lowest BCUT2D eigenvalue weighted by molar-refractivity contribution is 0.733. The molecule has 0 bridgehead atoms. The van der Waals surface area contributed by atoms with Gasteiger partial charge < -0.3 is 0 Å². The maximum absolute atomic E-state index is 2.26. The van der Waals surface area contributed by atoms with Crippen LogP contribution in [-0.4, -0.2) is 0 Å². The Labute approximate surface area is 167 Å². The lowest BCUT2D eigenvalue weighted by Gasteiger charge is -2.06. The standard InChI is InChI=1S/C10H14.C9H12.C8H10/c1-3-9(2)10-7-5-4-6-8-10;1-7-4-5-8(2)9(3)6-7;1-2-8-6-4-3-5-7-8/h4-9H,3H2,1-2H3;4-6H,1-3H3;3-7H,2H2,1H3. The van der Waals surface area contributed by atoms with Crippen LogP contribution in [0.3, 0.4) is 0 Å². The van der Waals surface area contributed by atoms with E-state index in [1.165, 1.54) is 34.2 Å². The van der Waals surface area contributed by atoms with E-state index in [4.69, 9.17) is 0 Å². The van der Waals surface area contributed by atoms with Gasteiger partial charge in [-0.1, -0.05) is 105 Å². The zero-order chi connectivity index (χ0) is 20.1. The van der Waals surface area contributed by atoms with Crippen molar-refractivity contribution in [2.24, 2.45) is 0 Å². The molecule has 27 heavy (non-hydrogen) atoms. The van der Waals surface area contributed by atoms with Gasteiger partial charge in [0.25, 0.3) is 0 Å². The minimum absolute atomic E-state index is 0.709. The molecule has 0 heterocycles. The Bertz CT molecular complexity index is 742. The zero-order valence-corrected chi connectivity index (χ0v) is 18.0. The van der Waals surface area contributed by atoms with Gasteiger partial charge >= 0.3 is 0 Å². The fourth-order valence-corrected chi connectivity index (χ4v) is 2.62. The highest BCUT2D eigenvalue weighted by atomic mass is 14.0. The van der Waals surface area contributed by atoms with Crippen molar-refractivity contribution in [2.45, 2.75) is 60.3 Å². The van der Waals surface area contributed by atoms with Crippen molar-refractivity contribution in [3.63, 3.8) is 0 Å². The molecule has 0 aromatic heterocycles. The molecule has 3 rings (SSSR count). The van der Waals surface area contributed by atoms with Crippen molar-refractivity contribution >= 4 is 0 Å². The van der Waals surface area contributed by atoms with E-state index in [-0.39, 0.29) is 0 Å². The summed E-state index contributed by atoms with van der Waals surface area (Å²) >= 11 is 0. The van der Waals surface area contributed by atoms with E-state index in [1.807, 2.05) is 6.07 Å². The normalized spacial score (nSPS) is 10.7. The topological polar surface area (TPSA) is 0 Å². The number of hydrogen-bond acceptors (Lipinski definition) is 0. The SMILES string of the molecule is CCC(C)c1ccccc1.CCc1ccccc1.Cc1ccc(C)c(C)c1. The Kier molecular flexibility index (Phi) is 10.9. The van der Waals surface area contributed by atoms with Crippen LogP contribution in [0.5, 0.6) is 0 Å². The third-order valence-electron chi connectivity index (χ3n) is 4.89. The predicted molar refractivity (Wildman–Crippen MR) is 122 cm³/mol. The summed E-state index contributed by atoms with van der Waals surface area (Å²) in [6.45, 7) is 13.0. The van der Waals surface area contributed by atoms with Crippen LogP contribution in [0.4, 0.5) is 0 Å². The second kappa shape index (κ2) is 12.9. The Morgan fingerprint density at radius 3 is 1.63 bits per heavy atom. The molecule has 0 aliphatic rings. The number of rotatable bonds is 3. The van der Waals surface area contributed by atoms with Crippen LogP contribution in [0, 0.1) is 20.8 Å². The summed E-state index contributed by atoms with van der Waals surface area (Å²) in [4.78, 5) is 0. The van der Waals surface area contributed by atoms with Crippen molar-refractivity contribution in [1.82, 2.24) is 0 Å². The molecule has 3 aromatic rings. The lowest BCUT2D eigenvalue weighted by Crippen LogP contribution is -1.88. The summed E-state index contributed by atoms with van der Waals surface area (Å²) in [7, 11) is 0. The molecule has 144 valence electrons. The van der Waals surface area contributed by atoms with E-state index in [2.05, 4.69) is 114 Å². The number of hydrogen-bond donors (Lipinski definition) is 0. The summed E-state index contributed by atoms with van der Waals surface area (Å²) < 4.78 is 0. The van der Waals surface area contributed by atoms with Gasteiger partial charge in [-0.25, -0.2) is 0 Å². The van der Waals surface area contributed by atoms with Crippen LogP contribution < -0.4 is 0 Å². The molecule has 0 fully saturated rings. The van der Waals surface area contributed by atoms with E-state index in [1.54, 1.807) is 0 Å². The second-order valence-corrected chi connectivity index (χ2v) is 7.15. The molecule has 0 radical (unpaired) electrons. The van der Waals surface area contributed by atoms with Gasteiger partial charge in [0.1, 0.15) is 0 Å². The molecule has 0 nitrogen and oxygen atoms in total. The molecule has 1 unspecified atom stereocenters. The van der Waals surface area contributed by atoms with E-state index in [0.717, 1.165) is 6.42 Å². The van der Waals surface area contributed by atoms with Crippen LogP contribution in [0.1, 0.15) is 60.9 Å². The maximum Gasteiger partial charge on any atom is -0.0193 e. The smallest absolute Gasteiger partial charge is 0.0193 e. The largest absolute Gasteiger partial charge is 0.0648 e. The summed E-state index contributed by atoms with van der Waals surface area (Å²) in [6, 6.07) is 27.6. The molecule has 0 amide bonds. The van der Waals surface area contributed by atoms with Crippen LogP contribution in [-0.2, 0) is 6.42 Å². The van der Waals surface area contributed by atoms with Crippen molar-refractivity contribution < 1.29 is 0 Å². The fraction of sp³-hybridized carbons (Fsp3) is 0.333. The molecule has 0 spiro atoms. The van der Waals surface area contributed by atoms with Gasteiger partial charge in [0.2, 0.25) is 0 Å². The summed E-state index contributed by atoms with van der Waals surface area (Å²) in [5.41, 5.74) is 6.96. The van der Waals surface area contributed by atoms with E-state index < -0.39 is 0 Å². The Morgan fingerprint density at radius 1 is 0.667 bits per heavy atom. The van der Waals surface area contributed by atoms with Gasteiger partial charge in [0.05, 0.1) is 0 Å². The van der Waals surface area contributed by atoms with Gasteiger partial charge in [-0.15, -0.1) is 0 Å².